The molecule has 3 amide bonds. The van der Waals surface area contributed by atoms with Crippen molar-refractivity contribution in [2.24, 2.45) is 0 Å². The molecule has 2 heterocycles. The predicted molar refractivity (Wildman–Crippen MR) is 114 cm³/mol. The Kier molecular flexibility index (Phi) is 8.63. The van der Waals surface area contributed by atoms with Gasteiger partial charge >= 0.3 is 6.09 Å². The van der Waals surface area contributed by atoms with E-state index in [1.165, 1.54) is 4.90 Å². The van der Waals surface area contributed by atoms with Gasteiger partial charge in [-0.2, -0.15) is 0 Å². The van der Waals surface area contributed by atoms with Crippen molar-refractivity contribution < 1.29 is 37.1 Å². The Labute approximate surface area is 189 Å². The number of likely N-dealkylation sites (tertiary alicyclic amines) is 1. The topological polar surface area (TPSA) is 131 Å². The van der Waals surface area contributed by atoms with Crippen molar-refractivity contribution >= 4 is 33.7 Å². The third kappa shape index (κ3) is 7.44. The third-order valence-electron chi connectivity index (χ3n) is 5.08. The number of amides is 3. The lowest BCUT2D eigenvalue weighted by atomic mass is 10.1. The molecule has 2 saturated heterocycles. The first-order chi connectivity index (χ1) is 14.8. The lowest BCUT2D eigenvalue weighted by Crippen LogP contribution is -2.50. The van der Waals surface area contributed by atoms with E-state index in [-0.39, 0.29) is 38.3 Å². The van der Waals surface area contributed by atoms with Gasteiger partial charge in [0.05, 0.1) is 26.0 Å². The summed E-state index contributed by atoms with van der Waals surface area (Å²) in [4.78, 5) is 53.2. The van der Waals surface area contributed by atoms with Gasteiger partial charge in [-0.05, 0) is 33.6 Å². The molecule has 0 spiro atoms. The van der Waals surface area contributed by atoms with Crippen molar-refractivity contribution in [2.45, 2.75) is 58.1 Å². The average Bonchev–Trinajstić information content (AvgIpc) is 2.86. The molecule has 2 fully saturated rings. The zero-order valence-corrected chi connectivity index (χ0v) is 20.0. The van der Waals surface area contributed by atoms with Crippen LogP contribution in [0.2, 0.25) is 0 Å². The van der Waals surface area contributed by atoms with E-state index in [1.807, 2.05) is 0 Å². The highest BCUT2D eigenvalue weighted by Gasteiger charge is 2.39. The second kappa shape index (κ2) is 10.6. The number of rotatable bonds is 5. The Balaban J connectivity index is 2.08. The molecule has 0 aliphatic carbocycles. The molecule has 2 aliphatic heterocycles. The molecule has 1 unspecified atom stereocenters. The molecule has 182 valence electrons. The molecular formula is C20H33N3O8S. The van der Waals surface area contributed by atoms with Gasteiger partial charge in [-0.25, -0.2) is 17.5 Å². The van der Waals surface area contributed by atoms with E-state index in [1.54, 1.807) is 25.7 Å². The summed E-state index contributed by atoms with van der Waals surface area (Å²) in [6.45, 7) is 6.64. The molecule has 32 heavy (non-hydrogen) atoms. The number of ketones is 1. The van der Waals surface area contributed by atoms with Crippen LogP contribution in [-0.4, -0.2) is 104 Å². The summed E-state index contributed by atoms with van der Waals surface area (Å²) in [5.41, 5.74) is -0.742. The van der Waals surface area contributed by atoms with E-state index in [0.29, 0.717) is 37.0 Å². The largest absolute Gasteiger partial charge is 0.444 e. The summed E-state index contributed by atoms with van der Waals surface area (Å²) in [6, 6.07) is -1.22. The number of hydrogen-bond acceptors (Lipinski definition) is 8. The van der Waals surface area contributed by atoms with Crippen LogP contribution in [0, 0.1) is 0 Å². The van der Waals surface area contributed by atoms with Crippen LogP contribution in [0.3, 0.4) is 0 Å². The van der Waals surface area contributed by atoms with Crippen molar-refractivity contribution in [3.8, 4) is 0 Å². The molecular weight excluding hydrogens is 442 g/mol. The van der Waals surface area contributed by atoms with Crippen molar-refractivity contribution in [3.05, 3.63) is 0 Å². The molecule has 0 aromatic carbocycles. The minimum Gasteiger partial charge on any atom is -0.444 e. The fourth-order valence-electron chi connectivity index (χ4n) is 3.62. The average molecular weight is 476 g/mol. The number of carbonyl (C=O) groups excluding carboxylic acids is 4. The third-order valence-corrected chi connectivity index (χ3v) is 6.25. The Morgan fingerprint density at radius 3 is 2.28 bits per heavy atom. The molecule has 2 aliphatic rings. The van der Waals surface area contributed by atoms with E-state index >= 15 is 0 Å². The van der Waals surface area contributed by atoms with Gasteiger partial charge in [0.2, 0.25) is 21.8 Å². The molecule has 11 nitrogen and oxygen atoms in total. The first-order valence-corrected chi connectivity index (χ1v) is 12.5. The summed E-state index contributed by atoms with van der Waals surface area (Å²) in [5, 5.41) is 0. The molecule has 0 radical (unpaired) electrons. The SMILES string of the molecule is CC(C)(C)OC(=O)N1CCCC(N(C(=O)CCC(=O)N2CCOCC2)S(C)(=O)=O)C(=O)C1. The molecule has 0 bridgehead atoms. The van der Waals surface area contributed by atoms with Crippen LogP contribution in [0.4, 0.5) is 4.79 Å². The summed E-state index contributed by atoms with van der Waals surface area (Å²) in [7, 11) is -4.07. The zero-order valence-electron chi connectivity index (χ0n) is 19.2. The smallest absolute Gasteiger partial charge is 0.410 e. The molecule has 12 heteroatoms. The highest BCUT2D eigenvalue weighted by molar-refractivity contribution is 7.88. The molecule has 0 N–H and O–H groups in total. The Morgan fingerprint density at radius 2 is 1.72 bits per heavy atom. The monoisotopic (exact) mass is 475 g/mol. The lowest BCUT2D eigenvalue weighted by Gasteiger charge is -2.29. The van der Waals surface area contributed by atoms with Crippen LogP contribution in [0.15, 0.2) is 0 Å². The van der Waals surface area contributed by atoms with E-state index in [4.69, 9.17) is 9.47 Å². The van der Waals surface area contributed by atoms with E-state index in [9.17, 15) is 27.6 Å². The Hall–Kier alpha value is -2.21. The summed E-state index contributed by atoms with van der Waals surface area (Å²) in [5.74, 6) is -1.64. The molecule has 1 atom stereocenters. The van der Waals surface area contributed by atoms with Crippen molar-refractivity contribution in [1.82, 2.24) is 14.1 Å². The van der Waals surface area contributed by atoms with Gasteiger partial charge in [-0.3, -0.25) is 14.4 Å². The standard InChI is InChI=1S/C20H33N3O8S/c1-20(2,3)31-19(27)22-9-5-6-15(16(24)14-22)23(32(4,28)29)18(26)8-7-17(25)21-10-12-30-13-11-21/h15H,5-14H2,1-4H3. The number of morpholine rings is 1. The summed E-state index contributed by atoms with van der Waals surface area (Å²) in [6.07, 6.45) is 0.118. The molecule has 2 rings (SSSR count). The highest BCUT2D eigenvalue weighted by Crippen LogP contribution is 2.21. The van der Waals surface area contributed by atoms with Crippen LogP contribution in [0.5, 0.6) is 0 Å². The second-order valence-corrected chi connectivity index (χ2v) is 10.8. The first-order valence-electron chi connectivity index (χ1n) is 10.7. The van der Waals surface area contributed by atoms with Gasteiger partial charge < -0.3 is 19.3 Å². The van der Waals surface area contributed by atoms with Gasteiger partial charge in [0.1, 0.15) is 11.6 Å². The van der Waals surface area contributed by atoms with Crippen LogP contribution >= 0.6 is 0 Å². The maximum Gasteiger partial charge on any atom is 0.410 e. The van der Waals surface area contributed by atoms with Crippen LogP contribution in [-0.2, 0) is 33.9 Å². The fourth-order valence-corrected chi connectivity index (χ4v) is 4.77. The lowest BCUT2D eigenvalue weighted by molar-refractivity contribution is -0.139. The van der Waals surface area contributed by atoms with Crippen LogP contribution in [0.25, 0.3) is 0 Å². The maximum absolute atomic E-state index is 12.9. The molecule has 0 aromatic rings. The summed E-state index contributed by atoms with van der Waals surface area (Å²) < 4.78 is 35.9. The fraction of sp³-hybridized carbons (Fsp3) is 0.800. The normalized spacial score (nSPS) is 20.5. The van der Waals surface area contributed by atoms with E-state index in [0.717, 1.165) is 6.26 Å². The van der Waals surface area contributed by atoms with Gasteiger partial charge in [0.25, 0.3) is 0 Å². The number of nitrogens with zero attached hydrogens (tertiary/aromatic N) is 3. The number of Topliss-reactive ketones (excluding diaryl/α,β-unsaturated/α-hetero) is 1. The van der Waals surface area contributed by atoms with Crippen LogP contribution < -0.4 is 0 Å². The van der Waals surface area contributed by atoms with Crippen molar-refractivity contribution in [2.75, 3.05) is 45.6 Å². The Bertz CT molecular complexity index is 830. The second-order valence-electron chi connectivity index (χ2n) is 8.97. The van der Waals surface area contributed by atoms with Gasteiger partial charge in [0.15, 0.2) is 5.78 Å². The first kappa shape index (κ1) is 26.0. The maximum atomic E-state index is 12.9. The van der Waals surface area contributed by atoms with E-state index < -0.39 is 39.4 Å². The quantitative estimate of drug-likeness (QED) is 0.558. The van der Waals surface area contributed by atoms with Gasteiger partial charge in [-0.1, -0.05) is 0 Å². The number of ether oxygens (including phenoxy) is 2. The van der Waals surface area contributed by atoms with Crippen LogP contribution in [0.1, 0.15) is 46.5 Å². The van der Waals surface area contributed by atoms with E-state index in [2.05, 4.69) is 0 Å². The summed E-state index contributed by atoms with van der Waals surface area (Å²) >= 11 is 0. The number of carbonyl (C=O) groups is 4. The highest BCUT2D eigenvalue weighted by atomic mass is 32.2. The van der Waals surface area contributed by atoms with Crippen molar-refractivity contribution in [1.29, 1.82) is 0 Å². The number of hydrogen-bond donors (Lipinski definition) is 0. The predicted octanol–water partition coefficient (Wildman–Crippen LogP) is 0.382. The molecule has 0 saturated carbocycles. The zero-order chi connectivity index (χ0) is 24.1. The minimum absolute atomic E-state index is 0.0916. The molecule has 0 aromatic heterocycles. The number of sulfonamides is 1. The Morgan fingerprint density at radius 1 is 1.09 bits per heavy atom. The minimum atomic E-state index is -4.07. The van der Waals surface area contributed by atoms with Crippen molar-refractivity contribution in [3.63, 3.8) is 0 Å². The van der Waals surface area contributed by atoms with Gasteiger partial charge in [0, 0.05) is 32.5 Å². The van der Waals surface area contributed by atoms with Gasteiger partial charge in [-0.15, -0.1) is 0 Å².